The van der Waals surface area contributed by atoms with Gasteiger partial charge in [0.05, 0.1) is 22.2 Å². The van der Waals surface area contributed by atoms with Gasteiger partial charge >= 0.3 is 12.1 Å². The number of halogens is 3. The second kappa shape index (κ2) is 7.95. The maximum atomic E-state index is 13.5. The van der Waals surface area contributed by atoms with Crippen LogP contribution >= 0.6 is 0 Å². The second-order valence-electron chi connectivity index (χ2n) is 8.17. The number of hydrogen-bond donors (Lipinski definition) is 2. The number of aryl methyl sites for hydroxylation is 1. The SMILES string of the molecule is Cc1nc2ccc(C3(O)c4c(OC(=O)C(F)(F)F)cccc4C(=O)N3Cc3ccccc3)cc2[nH]1. The first kappa shape index (κ1) is 22.6. The van der Waals surface area contributed by atoms with Crippen molar-refractivity contribution in [1.29, 1.82) is 0 Å². The lowest BCUT2D eigenvalue weighted by atomic mass is 9.92. The molecule has 2 heterocycles. The van der Waals surface area contributed by atoms with Gasteiger partial charge in [-0.25, -0.2) is 9.78 Å². The molecule has 7 nitrogen and oxygen atoms in total. The van der Waals surface area contributed by atoms with Gasteiger partial charge in [-0.2, -0.15) is 13.2 Å². The number of H-pyrrole nitrogens is 1. The fraction of sp³-hybridized carbons (Fsp3) is 0.160. The maximum Gasteiger partial charge on any atom is 0.491 e. The van der Waals surface area contributed by atoms with Gasteiger partial charge in [0.1, 0.15) is 11.6 Å². The van der Waals surface area contributed by atoms with Gasteiger partial charge in [-0.3, -0.25) is 9.69 Å². The Labute approximate surface area is 196 Å². The van der Waals surface area contributed by atoms with Crippen molar-refractivity contribution in [2.75, 3.05) is 0 Å². The van der Waals surface area contributed by atoms with E-state index in [4.69, 9.17) is 0 Å². The number of alkyl halides is 3. The van der Waals surface area contributed by atoms with Crippen LogP contribution in [0.25, 0.3) is 11.0 Å². The van der Waals surface area contributed by atoms with Gasteiger partial charge in [-0.05, 0) is 36.8 Å². The Balaban J connectivity index is 1.72. The quantitative estimate of drug-likeness (QED) is 0.337. The van der Waals surface area contributed by atoms with Crippen LogP contribution in [0, 0.1) is 6.92 Å². The largest absolute Gasteiger partial charge is 0.491 e. The molecule has 0 saturated carbocycles. The van der Waals surface area contributed by atoms with E-state index in [1.54, 1.807) is 49.4 Å². The second-order valence-corrected chi connectivity index (χ2v) is 8.17. The van der Waals surface area contributed by atoms with Gasteiger partial charge < -0.3 is 14.8 Å². The normalized spacial score (nSPS) is 17.6. The Morgan fingerprint density at radius 1 is 1.11 bits per heavy atom. The highest BCUT2D eigenvalue weighted by Gasteiger charge is 2.53. The van der Waals surface area contributed by atoms with E-state index >= 15 is 0 Å². The van der Waals surface area contributed by atoms with Gasteiger partial charge in [-0.1, -0.05) is 42.5 Å². The van der Waals surface area contributed by atoms with Crippen LogP contribution in [0.1, 0.15) is 32.9 Å². The molecule has 0 aliphatic carbocycles. The highest BCUT2D eigenvalue weighted by Crippen LogP contribution is 2.48. The van der Waals surface area contributed by atoms with E-state index in [1.165, 1.54) is 18.2 Å². The number of nitrogens with one attached hydrogen (secondary N) is 1. The number of carbonyl (C=O) groups is 2. The molecule has 0 bridgehead atoms. The molecule has 0 spiro atoms. The summed E-state index contributed by atoms with van der Waals surface area (Å²) < 4.78 is 43.6. The molecule has 2 N–H and O–H groups in total. The maximum absolute atomic E-state index is 13.5. The smallest absolute Gasteiger partial charge is 0.419 e. The summed E-state index contributed by atoms with van der Waals surface area (Å²) in [6.45, 7) is 1.69. The minimum atomic E-state index is -5.26. The number of hydrogen-bond acceptors (Lipinski definition) is 5. The standard InChI is InChI=1S/C25H18F3N3O4/c1-14-29-18-11-10-16(12-19(18)30-14)24(34)21-17(8-5-9-20(21)35-23(33)25(26,27)28)22(32)31(24)13-15-6-3-2-4-7-15/h2-12,34H,13H2,1H3,(H,29,30). The van der Waals surface area contributed by atoms with E-state index in [0.29, 0.717) is 22.4 Å². The summed E-state index contributed by atoms with van der Waals surface area (Å²) in [5, 5.41) is 12.2. The Morgan fingerprint density at radius 2 is 1.86 bits per heavy atom. The van der Waals surface area contributed by atoms with Gasteiger partial charge in [0.15, 0.2) is 5.72 Å². The molecule has 1 atom stereocenters. The molecular formula is C25H18F3N3O4. The zero-order valence-electron chi connectivity index (χ0n) is 18.3. The zero-order valence-corrected chi connectivity index (χ0v) is 18.3. The van der Waals surface area contributed by atoms with Crippen LogP contribution in [0.2, 0.25) is 0 Å². The van der Waals surface area contributed by atoms with Crippen molar-refractivity contribution >= 4 is 22.9 Å². The molecule has 35 heavy (non-hydrogen) atoms. The Bertz CT molecular complexity index is 1470. The van der Waals surface area contributed by atoms with Crippen molar-refractivity contribution in [3.63, 3.8) is 0 Å². The number of rotatable bonds is 4. The van der Waals surface area contributed by atoms with Crippen LogP contribution < -0.4 is 4.74 Å². The highest BCUT2D eigenvalue weighted by molar-refractivity contribution is 6.01. The summed E-state index contributed by atoms with van der Waals surface area (Å²) in [4.78, 5) is 33.7. The average molecular weight is 481 g/mol. The van der Waals surface area contributed by atoms with Crippen molar-refractivity contribution < 1.29 is 32.6 Å². The minimum Gasteiger partial charge on any atom is -0.419 e. The molecule has 5 rings (SSSR count). The lowest BCUT2D eigenvalue weighted by molar-refractivity contribution is -0.189. The van der Waals surface area contributed by atoms with Gasteiger partial charge in [-0.15, -0.1) is 0 Å². The number of imidazole rings is 1. The molecule has 10 heteroatoms. The molecule has 1 aromatic heterocycles. The number of aromatic nitrogens is 2. The number of esters is 1. The molecule has 1 aliphatic rings. The van der Waals surface area contributed by atoms with Crippen molar-refractivity contribution in [2.45, 2.75) is 25.4 Å². The van der Waals surface area contributed by atoms with E-state index in [9.17, 15) is 27.9 Å². The summed E-state index contributed by atoms with van der Waals surface area (Å²) in [7, 11) is 0. The third kappa shape index (κ3) is 3.71. The number of aliphatic hydroxyl groups is 1. The topological polar surface area (TPSA) is 95.5 Å². The Hall–Kier alpha value is -4.18. The molecule has 178 valence electrons. The third-order valence-electron chi connectivity index (χ3n) is 5.86. The first-order chi connectivity index (χ1) is 16.6. The Morgan fingerprint density at radius 3 is 2.57 bits per heavy atom. The summed E-state index contributed by atoms with van der Waals surface area (Å²) in [6.07, 6.45) is -5.26. The highest BCUT2D eigenvalue weighted by atomic mass is 19.4. The lowest BCUT2D eigenvalue weighted by Crippen LogP contribution is -2.44. The predicted molar refractivity (Wildman–Crippen MR) is 118 cm³/mol. The molecular weight excluding hydrogens is 463 g/mol. The lowest BCUT2D eigenvalue weighted by Gasteiger charge is -2.35. The number of amides is 1. The van der Waals surface area contributed by atoms with Crippen LogP contribution in [-0.4, -0.2) is 38.0 Å². The molecule has 3 aromatic carbocycles. The van der Waals surface area contributed by atoms with E-state index in [1.807, 2.05) is 0 Å². The van der Waals surface area contributed by atoms with Crippen LogP contribution in [-0.2, 0) is 17.1 Å². The first-order valence-corrected chi connectivity index (χ1v) is 10.6. The first-order valence-electron chi connectivity index (χ1n) is 10.6. The number of carbonyl (C=O) groups excluding carboxylic acids is 2. The number of ether oxygens (including phenoxy) is 1. The molecule has 1 amide bonds. The number of aromatic amines is 1. The summed E-state index contributed by atoms with van der Waals surface area (Å²) in [6, 6.07) is 17.3. The average Bonchev–Trinajstić information content (AvgIpc) is 3.30. The fourth-order valence-corrected chi connectivity index (χ4v) is 4.35. The molecule has 0 radical (unpaired) electrons. The van der Waals surface area contributed by atoms with Crippen LogP contribution in [0.4, 0.5) is 13.2 Å². The van der Waals surface area contributed by atoms with Crippen LogP contribution in [0.15, 0.2) is 66.7 Å². The molecule has 4 aromatic rings. The van der Waals surface area contributed by atoms with Gasteiger partial charge in [0, 0.05) is 12.1 Å². The van der Waals surface area contributed by atoms with Crippen LogP contribution in [0.5, 0.6) is 5.75 Å². The Kier molecular flexibility index (Phi) is 5.13. The number of fused-ring (bicyclic) bond motifs is 2. The van der Waals surface area contributed by atoms with Crippen molar-refractivity contribution in [2.24, 2.45) is 0 Å². The van der Waals surface area contributed by atoms with Gasteiger partial charge in [0.2, 0.25) is 0 Å². The molecule has 0 fully saturated rings. The third-order valence-corrected chi connectivity index (χ3v) is 5.86. The predicted octanol–water partition coefficient (Wildman–Crippen LogP) is 4.19. The number of benzene rings is 3. The summed E-state index contributed by atoms with van der Waals surface area (Å²) in [5.41, 5.74) is -0.528. The summed E-state index contributed by atoms with van der Waals surface area (Å²) >= 11 is 0. The van der Waals surface area contributed by atoms with Crippen LogP contribution in [0.3, 0.4) is 0 Å². The fourth-order valence-electron chi connectivity index (χ4n) is 4.35. The van der Waals surface area contributed by atoms with E-state index in [2.05, 4.69) is 14.7 Å². The minimum absolute atomic E-state index is 0.0580. The van der Waals surface area contributed by atoms with Crippen molar-refractivity contribution in [3.05, 3.63) is 94.8 Å². The summed E-state index contributed by atoms with van der Waals surface area (Å²) in [5.74, 6) is -3.02. The van der Waals surface area contributed by atoms with Crippen molar-refractivity contribution in [3.8, 4) is 5.75 Å². The molecule has 1 unspecified atom stereocenters. The van der Waals surface area contributed by atoms with Gasteiger partial charge in [0.25, 0.3) is 5.91 Å². The van der Waals surface area contributed by atoms with E-state index < -0.39 is 29.5 Å². The zero-order chi connectivity index (χ0) is 25.0. The number of nitrogens with zero attached hydrogens (tertiary/aromatic N) is 2. The van der Waals surface area contributed by atoms with E-state index in [-0.39, 0.29) is 23.2 Å². The molecule has 0 saturated heterocycles. The van der Waals surface area contributed by atoms with E-state index in [0.717, 1.165) is 11.0 Å². The molecule has 1 aliphatic heterocycles. The van der Waals surface area contributed by atoms with Crippen molar-refractivity contribution in [1.82, 2.24) is 14.9 Å². The monoisotopic (exact) mass is 481 g/mol.